The van der Waals surface area contributed by atoms with E-state index < -0.39 is 0 Å². The summed E-state index contributed by atoms with van der Waals surface area (Å²) in [5.74, 6) is 0.784. The summed E-state index contributed by atoms with van der Waals surface area (Å²) in [6.07, 6.45) is 6.26. The van der Waals surface area contributed by atoms with Gasteiger partial charge in [-0.25, -0.2) is 4.98 Å². The van der Waals surface area contributed by atoms with Crippen LogP contribution in [0.25, 0.3) is 5.65 Å². The zero-order chi connectivity index (χ0) is 14.4. The monoisotopic (exact) mass is 284 g/mol. The Kier molecular flexibility index (Phi) is 2.96. The van der Waals surface area contributed by atoms with Crippen LogP contribution >= 0.6 is 0 Å². The van der Waals surface area contributed by atoms with E-state index >= 15 is 0 Å². The van der Waals surface area contributed by atoms with Crippen molar-refractivity contribution in [1.29, 1.82) is 0 Å². The van der Waals surface area contributed by atoms with Crippen molar-refractivity contribution in [2.75, 3.05) is 19.6 Å². The number of rotatable bonds is 2. The van der Waals surface area contributed by atoms with Crippen LogP contribution in [-0.2, 0) is 0 Å². The number of aromatic nitrogens is 2. The molecule has 3 atom stereocenters. The Bertz CT molecular complexity index is 681. The Balaban J connectivity index is 1.50. The van der Waals surface area contributed by atoms with Crippen molar-refractivity contribution < 1.29 is 4.79 Å². The third kappa shape index (κ3) is 2.42. The molecule has 2 fully saturated rings. The second-order valence-electron chi connectivity index (χ2n) is 6.38. The van der Waals surface area contributed by atoms with E-state index in [0.29, 0.717) is 5.56 Å². The number of imidazole rings is 1. The fourth-order valence-corrected chi connectivity index (χ4v) is 3.68. The van der Waals surface area contributed by atoms with E-state index in [-0.39, 0.29) is 11.9 Å². The smallest absolute Gasteiger partial charge is 0.251 e. The van der Waals surface area contributed by atoms with E-state index in [4.69, 9.17) is 0 Å². The van der Waals surface area contributed by atoms with Gasteiger partial charge in [-0.15, -0.1) is 0 Å². The number of amides is 1. The molecule has 2 aromatic rings. The van der Waals surface area contributed by atoms with Gasteiger partial charge in [0.1, 0.15) is 5.65 Å². The van der Waals surface area contributed by atoms with Crippen molar-refractivity contribution in [1.82, 2.24) is 19.6 Å². The number of hydrogen-bond acceptors (Lipinski definition) is 3. The summed E-state index contributed by atoms with van der Waals surface area (Å²) < 4.78 is 1.94. The van der Waals surface area contributed by atoms with Gasteiger partial charge in [0.15, 0.2) is 0 Å². The average molecular weight is 284 g/mol. The molecule has 2 aliphatic rings. The highest BCUT2D eigenvalue weighted by atomic mass is 16.1. The minimum Gasteiger partial charge on any atom is -0.348 e. The molecule has 2 aromatic heterocycles. The van der Waals surface area contributed by atoms with Gasteiger partial charge in [0.2, 0.25) is 0 Å². The van der Waals surface area contributed by atoms with E-state index in [9.17, 15) is 4.79 Å². The summed E-state index contributed by atoms with van der Waals surface area (Å²) in [5, 5.41) is 3.19. The topological polar surface area (TPSA) is 49.6 Å². The molecule has 1 amide bonds. The lowest BCUT2D eigenvalue weighted by molar-refractivity contribution is 0.0909. The summed E-state index contributed by atoms with van der Waals surface area (Å²) in [4.78, 5) is 19.3. The maximum absolute atomic E-state index is 12.4. The van der Waals surface area contributed by atoms with E-state index in [1.54, 1.807) is 0 Å². The molecule has 0 aliphatic carbocycles. The lowest BCUT2D eigenvalue weighted by Gasteiger charge is -2.30. The molecule has 0 saturated carbocycles. The van der Waals surface area contributed by atoms with Crippen molar-refractivity contribution in [3.63, 3.8) is 0 Å². The molecule has 110 valence electrons. The first kappa shape index (κ1) is 12.8. The van der Waals surface area contributed by atoms with Crippen LogP contribution in [0.5, 0.6) is 0 Å². The first-order chi connectivity index (χ1) is 10.2. The minimum atomic E-state index is 0.0191. The standard InChI is InChI=1S/C16H20N4O/c1-11-8-20-5-3-13(7-15(20)17-11)16(21)18-14-6-12-2-4-19(9-12)10-14/h3,5,7-8,12,14H,2,4,6,9-10H2,1H3,(H,18,21)/t12-,14+/m0/s1. The van der Waals surface area contributed by atoms with Crippen LogP contribution in [0.15, 0.2) is 24.5 Å². The van der Waals surface area contributed by atoms with Crippen LogP contribution < -0.4 is 5.32 Å². The molecule has 2 bridgehead atoms. The number of pyridine rings is 1. The fraction of sp³-hybridized carbons (Fsp3) is 0.500. The highest BCUT2D eigenvalue weighted by molar-refractivity contribution is 5.95. The van der Waals surface area contributed by atoms with Gasteiger partial charge in [-0.3, -0.25) is 4.79 Å². The van der Waals surface area contributed by atoms with Crippen molar-refractivity contribution >= 4 is 11.6 Å². The Labute approximate surface area is 124 Å². The van der Waals surface area contributed by atoms with Crippen LogP contribution in [-0.4, -0.2) is 45.9 Å². The van der Waals surface area contributed by atoms with Crippen LogP contribution in [0, 0.1) is 12.8 Å². The number of carbonyl (C=O) groups is 1. The number of hydrogen-bond donors (Lipinski definition) is 1. The summed E-state index contributed by atoms with van der Waals surface area (Å²) in [6.45, 7) is 5.36. The van der Waals surface area contributed by atoms with Crippen LogP contribution in [0.3, 0.4) is 0 Å². The summed E-state index contributed by atoms with van der Waals surface area (Å²) in [7, 11) is 0. The first-order valence-corrected chi connectivity index (χ1v) is 7.66. The van der Waals surface area contributed by atoms with Gasteiger partial charge in [-0.2, -0.15) is 0 Å². The number of nitrogens with zero attached hydrogens (tertiary/aromatic N) is 3. The normalized spacial score (nSPS) is 28.0. The molecule has 1 N–H and O–H groups in total. The van der Waals surface area contributed by atoms with E-state index in [1.807, 2.05) is 35.9 Å². The Morgan fingerprint density at radius 3 is 3.19 bits per heavy atom. The Morgan fingerprint density at radius 2 is 2.33 bits per heavy atom. The third-order valence-electron chi connectivity index (χ3n) is 4.64. The summed E-state index contributed by atoms with van der Waals surface area (Å²) in [5.41, 5.74) is 2.48. The Hall–Kier alpha value is -1.88. The maximum atomic E-state index is 12.4. The van der Waals surface area contributed by atoms with Gasteiger partial charge in [0.25, 0.3) is 5.91 Å². The molecular weight excluding hydrogens is 264 g/mol. The molecule has 2 aliphatic heterocycles. The van der Waals surface area contributed by atoms with Gasteiger partial charge in [-0.05, 0) is 44.4 Å². The van der Waals surface area contributed by atoms with Crippen molar-refractivity contribution in [3.05, 3.63) is 35.8 Å². The highest BCUT2D eigenvalue weighted by Gasteiger charge is 2.32. The quantitative estimate of drug-likeness (QED) is 0.908. The molecule has 4 rings (SSSR count). The predicted octanol–water partition coefficient (Wildman–Crippen LogP) is 1.47. The molecule has 5 nitrogen and oxygen atoms in total. The molecular formula is C16H20N4O. The predicted molar refractivity (Wildman–Crippen MR) is 80.3 cm³/mol. The lowest BCUT2D eigenvalue weighted by atomic mass is 9.96. The Morgan fingerprint density at radius 1 is 1.43 bits per heavy atom. The van der Waals surface area contributed by atoms with Gasteiger partial charge >= 0.3 is 0 Å². The molecule has 0 aromatic carbocycles. The second kappa shape index (κ2) is 4.84. The molecule has 2 saturated heterocycles. The number of piperidine rings is 1. The van der Waals surface area contributed by atoms with Crippen LogP contribution in [0.4, 0.5) is 0 Å². The molecule has 5 heteroatoms. The van der Waals surface area contributed by atoms with Crippen molar-refractivity contribution in [2.24, 2.45) is 5.92 Å². The maximum Gasteiger partial charge on any atom is 0.251 e. The number of carbonyl (C=O) groups excluding carboxylic acids is 1. The van der Waals surface area contributed by atoms with E-state index in [1.165, 1.54) is 19.5 Å². The zero-order valence-electron chi connectivity index (χ0n) is 12.2. The molecule has 4 heterocycles. The molecule has 21 heavy (non-hydrogen) atoms. The summed E-state index contributed by atoms with van der Waals surface area (Å²) in [6, 6.07) is 4.01. The first-order valence-electron chi connectivity index (χ1n) is 7.66. The SMILES string of the molecule is Cc1cn2ccc(C(=O)N[C@@H]3C[C@@H]4CCN(C4)C3)cc2n1. The lowest BCUT2D eigenvalue weighted by Crippen LogP contribution is -2.47. The molecule has 0 radical (unpaired) electrons. The van der Waals surface area contributed by atoms with Gasteiger partial charge in [0.05, 0.1) is 5.69 Å². The van der Waals surface area contributed by atoms with E-state index in [0.717, 1.165) is 30.2 Å². The number of aryl methyl sites for hydroxylation is 1. The average Bonchev–Trinajstić information content (AvgIpc) is 2.99. The summed E-state index contributed by atoms with van der Waals surface area (Å²) >= 11 is 0. The van der Waals surface area contributed by atoms with Crippen LogP contribution in [0.1, 0.15) is 28.9 Å². The number of fused-ring (bicyclic) bond motifs is 3. The van der Waals surface area contributed by atoms with Crippen molar-refractivity contribution in [2.45, 2.75) is 25.8 Å². The number of nitrogens with one attached hydrogen (secondary N) is 1. The van der Waals surface area contributed by atoms with E-state index in [2.05, 4.69) is 15.2 Å². The fourth-order valence-electron chi connectivity index (χ4n) is 3.68. The molecule has 0 spiro atoms. The van der Waals surface area contributed by atoms with Crippen molar-refractivity contribution in [3.8, 4) is 0 Å². The van der Waals surface area contributed by atoms with Crippen LogP contribution in [0.2, 0.25) is 0 Å². The second-order valence-corrected chi connectivity index (χ2v) is 6.38. The van der Waals surface area contributed by atoms with Gasteiger partial charge in [0, 0.05) is 37.1 Å². The minimum absolute atomic E-state index is 0.0191. The zero-order valence-corrected chi connectivity index (χ0v) is 12.2. The van der Waals surface area contributed by atoms with Gasteiger partial charge < -0.3 is 14.6 Å². The highest BCUT2D eigenvalue weighted by Crippen LogP contribution is 2.26. The van der Waals surface area contributed by atoms with Gasteiger partial charge in [-0.1, -0.05) is 0 Å². The largest absolute Gasteiger partial charge is 0.348 e. The third-order valence-corrected chi connectivity index (χ3v) is 4.64. The molecule has 1 unspecified atom stereocenters.